The lowest BCUT2D eigenvalue weighted by atomic mass is 10.2. The van der Waals surface area contributed by atoms with Crippen LogP contribution >= 0.6 is 34.8 Å². The standard InChI is InChI=1S/C12H10Cl3NO/c1-6(2)17-12-9(14)5-8(13)7-3-4-10(15)16-11(7)12/h3-6H,1-2H3. The molecule has 0 bridgehead atoms. The molecule has 1 heterocycles. The van der Waals surface area contributed by atoms with Crippen LogP contribution in [-0.2, 0) is 0 Å². The van der Waals surface area contributed by atoms with Gasteiger partial charge in [0.25, 0.3) is 0 Å². The van der Waals surface area contributed by atoms with Crippen LogP contribution in [0.15, 0.2) is 18.2 Å². The second kappa shape index (κ2) is 4.89. The average Bonchev–Trinajstić information content (AvgIpc) is 2.23. The Hall–Kier alpha value is -0.700. The minimum Gasteiger partial charge on any atom is -0.487 e. The van der Waals surface area contributed by atoms with Gasteiger partial charge in [-0.3, -0.25) is 0 Å². The highest BCUT2D eigenvalue weighted by atomic mass is 35.5. The van der Waals surface area contributed by atoms with Crippen LogP contribution in [0.25, 0.3) is 10.9 Å². The topological polar surface area (TPSA) is 22.1 Å². The zero-order valence-electron chi connectivity index (χ0n) is 9.30. The van der Waals surface area contributed by atoms with Gasteiger partial charge in [-0.25, -0.2) is 4.98 Å². The first-order chi connectivity index (χ1) is 7.99. The Morgan fingerprint density at radius 1 is 1.12 bits per heavy atom. The van der Waals surface area contributed by atoms with Gasteiger partial charge in [0.05, 0.1) is 16.1 Å². The van der Waals surface area contributed by atoms with Gasteiger partial charge in [0, 0.05) is 5.39 Å². The molecule has 0 amide bonds. The molecule has 0 unspecified atom stereocenters. The predicted octanol–water partition coefficient (Wildman–Crippen LogP) is 4.98. The molecular formula is C12H10Cl3NO. The van der Waals surface area contributed by atoms with E-state index in [1.54, 1.807) is 18.2 Å². The molecule has 2 aromatic rings. The molecule has 5 heteroatoms. The number of aromatic nitrogens is 1. The van der Waals surface area contributed by atoms with Crippen molar-refractivity contribution in [3.05, 3.63) is 33.4 Å². The van der Waals surface area contributed by atoms with Crippen molar-refractivity contribution in [2.75, 3.05) is 0 Å². The van der Waals surface area contributed by atoms with Crippen molar-refractivity contribution in [3.8, 4) is 5.75 Å². The minimum atomic E-state index is -0.00217. The van der Waals surface area contributed by atoms with Crippen LogP contribution in [0.2, 0.25) is 15.2 Å². The van der Waals surface area contributed by atoms with E-state index in [2.05, 4.69) is 4.98 Å². The van der Waals surface area contributed by atoms with Gasteiger partial charge in [-0.05, 0) is 32.0 Å². The van der Waals surface area contributed by atoms with E-state index in [1.807, 2.05) is 13.8 Å². The predicted molar refractivity (Wildman–Crippen MR) is 72.5 cm³/mol. The fourth-order valence-electron chi connectivity index (χ4n) is 1.52. The zero-order chi connectivity index (χ0) is 12.6. The first kappa shape index (κ1) is 12.7. The number of benzene rings is 1. The van der Waals surface area contributed by atoms with Crippen LogP contribution in [0.4, 0.5) is 0 Å². The van der Waals surface area contributed by atoms with Crippen molar-refractivity contribution in [2.24, 2.45) is 0 Å². The van der Waals surface area contributed by atoms with E-state index >= 15 is 0 Å². The Morgan fingerprint density at radius 2 is 1.82 bits per heavy atom. The molecule has 1 aromatic carbocycles. The minimum absolute atomic E-state index is 0.00217. The number of hydrogen-bond donors (Lipinski definition) is 0. The largest absolute Gasteiger partial charge is 0.487 e. The van der Waals surface area contributed by atoms with Crippen LogP contribution in [0.3, 0.4) is 0 Å². The summed E-state index contributed by atoms with van der Waals surface area (Å²) in [7, 11) is 0. The Labute approximate surface area is 114 Å². The molecule has 0 N–H and O–H groups in total. The fourth-order valence-corrected chi connectivity index (χ4v) is 2.22. The third-order valence-corrected chi connectivity index (χ3v) is 2.96. The van der Waals surface area contributed by atoms with Gasteiger partial charge >= 0.3 is 0 Å². The van der Waals surface area contributed by atoms with E-state index in [1.165, 1.54) is 0 Å². The Balaban J connectivity index is 2.75. The molecule has 2 nitrogen and oxygen atoms in total. The molecule has 2 rings (SSSR count). The number of ether oxygens (including phenoxy) is 1. The van der Waals surface area contributed by atoms with Crippen molar-refractivity contribution in [1.29, 1.82) is 0 Å². The van der Waals surface area contributed by atoms with Crippen molar-refractivity contribution < 1.29 is 4.74 Å². The molecular weight excluding hydrogens is 280 g/mol. The summed E-state index contributed by atoms with van der Waals surface area (Å²) < 4.78 is 5.66. The van der Waals surface area contributed by atoms with Gasteiger partial charge in [0.2, 0.25) is 0 Å². The number of rotatable bonds is 2. The summed E-state index contributed by atoms with van der Waals surface area (Å²) in [6.45, 7) is 3.84. The van der Waals surface area contributed by atoms with Gasteiger partial charge in [-0.15, -0.1) is 0 Å². The van der Waals surface area contributed by atoms with Crippen LogP contribution in [-0.4, -0.2) is 11.1 Å². The van der Waals surface area contributed by atoms with Gasteiger partial charge in [0.1, 0.15) is 10.7 Å². The van der Waals surface area contributed by atoms with Crippen molar-refractivity contribution >= 4 is 45.7 Å². The number of fused-ring (bicyclic) bond motifs is 1. The second-order valence-electron chi connectivity index (χ2n) is 3.87. The van der Waals surface area contributed by atoms with Crippen LogP contribution < -0.4 is 4.74 Å². The van der Waals surface area contributed by atoms with Crippen LogP contribution in [0.1, 0.15) is 13.8 Å². The molecule has 0 saturated heterocycles. The maximum Gasteiger partial charge on any atom is 0.164 e. The Morgan fingerprint density at radius 3 is 2.47 bits per heavy atom. The van der Waals surface area contributed by atoms with Crippen molar-refractivity contribution in [2.45, 2.75) is 20.0 Å². The number of nitrogens with zero attached hydrogens (tertiary/aromatic N) is 1. The molecule has 17 heavy (non-hydrogen) atoms. The first-order valence-corrected chi connectivity index (χ1v) is 6.23. The van der Waals surface area contributed by atoms with E-state index in [0.717, 1.165) is 5.39 Å². The van der Waals surface area contributed by atoms with E-state index < -0.39 is 0 Å². The first-order valence-electron chi connectivity index (χ1n) is 5.10. The highest BCUT2D eigenvalue weighted by Gasteiger charge is 2.14. The lowest BCUT2D eigenvalue weighted by Crippen LogP contribution is -2.07. The highest BCUT2D eigenvalue weighted by Crippen LogP contribution is 2.38. The summed E-state index contributed by atoms with van der Waals surface area (Å²) in [6.07, 6.45) is -0.00217. The van der Waals surface area contributed by atoms with Gasteiger partial charge in [-0.2, -0.15) is 0 Å². The molecule has 0 aliphatic rings. The lowest BCUT2D eigenvalue weighted by Gasteiger charge is -2.14. The molecule has 1 aromatic heterocycles. The lowest BCUT2D eigenvalue weighted by molar-refractivity contribution is 0.245. The summed E-state index contributed by atoms with van der Waals surface area (Å²) in [5.74, 6) is 0.517. The van der Waals surface area contributed by atoms with Crippen molar-refractivity contribution in [3.63, 3.8) is 0 Å². The summed E-state index contributed by atoms with van der Waals surface area (Å²) in [6, 6.07) is 5.14. The summed E-state index contributed by atoms with van der Waals surface area (Å²) >= 11 is 18.1. The van der Waals surface area contributed by atoms with Crippen LogP contribution in [0.5, 0.6) is 5.75 Å². The zero-order valence-corrected chi connectivity index (χ0v) is 11.6. The van der Waals surface area contributed by atoms with E-state index in [9.17, 15) is 0 Å². The molecule has 0 aliphatic carbocycles. The average molecular weight is 291 g/mol. The summed E-state index contributed by atoms with van der Waals surface area (Å²) in [5, 5.41) is 2.12. The molecule has 0 saturated carbocycles. The van der Waals surface area contributed by atoms with Crippen molar-refractivity contribution in [1.82, 2.24) is 4.98 Å². The molecule has 0 radical (unpaired) electrons. The monoisotopic (exact) mass is 289 g/mol. The maximum absolute atomic E-state index is 6.11. The number of pyridine rings is 1. The fraction of sp³-hybridized carbons (Fsp3) is 0.250. The smallest absolute Gasteiger partial charge is 0.164 e. The third kappa shape index (κ3) is 2.59. The maximum atomic E-state index is 6.11. The molecule has 0 atom stereocenters. The summed E-state index contributed by atoms with van der Waals surface area (Å²) in [5.41, 5.74) is 0.587. The number of hydrogen-bond acceptors (Lipinski definition) is 2. The SMILES string of the molecule is CC(C)Oc1c(Cl)cc(Cl)c2ccc(Cl)nc12. The van der Waals surface area contributed by atoms with E-state index in [-0.39, 0.29) is 6.10 Å². The van der Waals surface area contributed by atoms with Gasteiger partial charge in [0.15, 0.2) is 5.75 Å². The molecule has 0 fully saturated rings. The molecule has 0 spiro atoms. The second-order valence-corrected chi connectivity index (χ2v) is 5.07. The normalized spacial score (nSPS) is 11.2. The quantitative estimate of drug-likeness (QED) is 0.728. The van der Waals surface area contributed by atoms with Gasteiger partial charge < -0.3 is 4.74 Å². The highest BCUT2D eigenvalue weighted by molar-refractivity contribution is 6.40. The van der Waals surface area contributed by atoms with E-state index in [0.29, 0.717) is 26.5 Å². The Bertz CT molecular complexity index is 569. The van der Waals surface area contributed by atoms with Gasteiger partial charge in [-0.1, -0.05) is 34.8 Å². The summed E-state index contributed by atoms with van der Waals surface area (Å²) in [4.78, 5) is 4.22. The third-order valence-electron chi connectivity index (χ3n) is 2.16. The molecule has 90 valence electrons. The number of halogens is 3. The molecule has 0 aliphatic heterocycles. The Kier molecular flexibility index (Phi) is 3.67. The van der Waals surface area contributed by atoms with E-state index in [4.69, 9.17) is 39.5 Å². The van der Waals surface area contributed by atoms with Crippen LogP contribution in [0, 0.1) is 0 Å².